The second kappa shape index (κ2) is 7.58. The number of sulfonamides is 1. The first-order valence-electron chi connectivity index (χ1n) is 7.06. The third-order valence-corrected chi connectivity index (χ3v) is 5.08. The molecule has 120 valence electrons. The van der Waals surface area contributed by atoms with Crippen molar-refractivity contribution in [2.75, 3.05) is 20.3 Å². The molecule has 2 aromatic rings. The molecule has 2 rings (SSSR count). The molecule has 22 heavy (non-hydrogen) atoms. The minimum Gasteiger partial charge on any atom is -0.468 e. The SMILES string of the molecule is COCCN(Cc1ccco1)S(=O)(=O)Cc1cccc(C)c1. The maximum Gasteiger partial charge on any atom is 0.218 e. The number of nitrogens with zero attached hydrogens (tertiary/aromatic N) is 1. The van der Waals surface area contributed by atoms with Gasteiger partial charge in [0.2, 0.25) is 10.0 Å². The molecule has 0 N–H and O–H groups in total. The van der Waals surface area contributed by atoms with Gasteiger partial charge in [0.05, 0.1) is 25.2 Å². The Balaban J connectivity index is 2.16. The Kier molecular flexibility index (Phi) is 5.76. The van der Waals surface area contributed by atoms with E-state index in [0.717, 1.165) is 11.1 Å². The zero-order chi connectivity index (χ0) is 16.0. The number of methoxy groups -OCH3 is 1. The van der Waals surface area contributed by atoms with Gasteiger partial charge in [-0.2, -0.15) is 4.31 Å². The summed E-state index contributed by atoms with van der Waals surface area (Å²) in [6.45, 7) is 2.80. The van der Waals surface area contributed by atoms with Crippen LogP contribution in [0.5, 0.6) is 0 Å². The predicted molar refractivity (Wildman–Crippen MR) is 84.8 cm³/mol. The zero-order valence-electron chi connectivity index (χ0n) is 12.9. The summed E-state index contributed by atoms with van der Waals surface area (Å²) in [6.07, 6.45) is 1.54. The lowest BCUT2D eigenvalue weighted by atomic mass is 10.2. The molecule has 0 saturated carbocycles. The van der Waals surface area contributed by atoms with E-state index in [1.807, 2.05) is 31.2 Å². The standard InChI is InChI=1S/C16H21NO4S/c1-14-5-3-6-15(11-14)13-22(18,19)17(8-10-20-2)12-16-7-4-9-21-16/h3-7,9,11H,8,10,12-13H2,1-2H3. The van der Waals surface area contributed by atoms with Crippen molar-refractivity contribution < 1.29 is 17.6 Å². The Morgan fingerprint density at radius 2 is 2.05 bits per heavy atom. The molecule has 0 aliphatic rings. The molecule has 5 nitrogen and oxygen atoms in total. The molecular formula is C16H21NO4S. The third-order valence-electron chi connectivity index (χ3n) is 3.28. The van der Waals surface area contributed by atoms with Crippen LogP contribution in [0, 0.1) is 6.92 Å². The first-order valence-corrected chi connectivity index (χ1v) is 8.67. The molecule has 6 heteroatoms. The van der Waals surface area contributed by atoms with Crippen LogP contribution in [0.15, 0.2) is 47.1 Å². The Hall–Kier alpha value is -1.63. The van der Waals surface area contributed by atoms with Crippen molar-refractivity contribution in [2.24, 2.45) is 0 Å². The van der Waals surface area contributed by atoms with E-state index in [1.165, 1.54) is 10.6 Å². The zero-order valence-corrected chi connectivity index (χ0v) is 13.7. The lowest BCUT2D eigenvalue weighted by molar-refractivity contribution is 0.175. The van der Waals surface area contributed by atoms with Crippen LogP contribution >= 0.6 is 0 Å². The highest BCUT2D eigenvalue weighted by Gasteiger charge is 2.23. The van der Waals surface area contributed by atoms with Crippen molar-refractivity contribution >= 4 is 10.0 Å². The van der Waals surface area contributed by atoms with Gasteiger partial charge in [0.25, 0.3) is 0 Å². The molecule has 0 spiro atoms. The van der Waals surface area contributed by atoms with E-state index in [4.69, 9.17) is 9.15 Å². The summed E-state index contributed by atoms with van der Waals surface area (Å²) < 4.78 is 37.0. The molecule has 1 aromatic heterocycles. The van der Waals surface area contributed by atoms with Crippen molar-refractivity contribution in [1.29, 1.82) is 0 Å². The summed E-state index contributed by atoms with van der Waals surface area (Å²) in [7, 11) is -1.89. The van der Waals surface area contributed by atoms with Crippen LogP contribution in [-0.4, -0.2) is 33.0 Å². The fraction of sp³-hybridized carbons (Fsp3) is 0.375. The number of hydrogen-bond acceptors (Lipinski definition) is 4. The van der Waals surface area contributed by atoms with E-state index < -0.39 is 10.0 Å². The number of rotatable bonds is 8. The van der Waals surface area contributed by atoms with Gasteiger partial charge < -0.3 is 9.15 Å². The highest BCUT2D eigenvalue weighted by atomic mass is 32.2. The topological polar surface area (TPSA) is 59.8 Å². The van der Waals surface area contributed by atoms with Crippen LogP contribution in [0.1, 0.15) is 16.9 Å². The number of furan rings is 1. The quantitative estimate of drug-likeness (QED) is 0.749. The average molecular weight is 323 g/mol. The fourth-order valence-corrected chi connectivity index (χ4v) is 3.65. The number of benzene rings is 1. The second-order valence-electron chi connectivity index (χ2n) is 5.15. The molecular weight excluding hydrogens is 302 g/mol. The molecule has 0 unspecified atom stereocenters. The molecule has 0 saturated heterocycles. The third kappa shape index (κ3) is 4.69. The predicted octanol–water partition coefficient (Wildman–Crippen LogP) is 2.57. The largest absolute Gasteiger partial charge is 0.468 e. The summed E-state index contributed by atoms with van der Waals surface area (Å²) >= 11 is 0. The van der Waals surface area contributed by atoms with Crippen LogP contribution in [0.4, 0.5) is 0 Å². The summed E-state index contributed by atoms with van der Waals surface area (Å²) in [5, 5.41) is 0. The highest BCUT2D eigenvalue weighted by molar-refractivity contribution is 7.88. The van der Waals surface area contributed by atoms with Crippen molar-refractivity contribution in [1.82, 2.24) is 4.31 Å². The lowest BCUT2D eigenvalue weighted by Gasteiger charge is -2.21. The Morgan fingerprint density at radius 1 is 1.23 bits per heavy atom. The number of aryl methyl sites for hydroxylation is 1. The normalized spacial score (nSPS) is 12.0. The van der Waals surface area contributed by atoms with Gasteiger partial charge in [0, 0.05) is 13.7 Å². The van der Waals surface area contributed by atoms with E-state index in [-0.39, 0.29) is 12.3 Å². The van der Waals surface area contributed by atoms with E-state index in [0.29, 0.717) is 18.9 Å². The van der Waals surface area contributed by atoms with Crippen molar-refractivity contribution in [2.45, 2.75) is 19.2 Å². The van der Waals surface area contributed by atoms with Gasteiger partial charge in [-0.1, -0.05) is 29.8 Å². The Labute approximate surface area is 131 Å². The van der Waals surface area contributed by atoms with Crippen LogP contribution in [0.3, 0.4) is 0 Å². The van der Waals surface area contributed by atoms with Gasteiger partial charge in [0.1, 0.15) is 5.76 Å². The van der Waals surface area contributed by atoms with E-state index in [9.17, 15) is 8.42 Å². The van der Waals surface area contributed by atoms with Gasteiger partial charge in [-0.15, -0.1) is 0 Å². The Morgan fingerprint density at radius 3 is 2.68 bits per heavy atom. The van der Waals surface area contributed by atoms with Gasteiger partial charge in [0.15, 0.2) is 0 Å². The van der Waals surface area contributed by atoms with Crippen LogP contribution < -0.4 is 0 Å². The average Bonchev–Trinajstić information content (AvgIpc) is 2.95. The van der Waals surface area contributed by atoms with E-state index in [1.54, 1.807) is 19.2 Å². The van der Waals surface area contributed by atoms with Crippen LogP contribution in [0.2, 0.25) is 0 Å². The highest BCUT2D eigenvalue weighted by Crippen LogP contribution is 2.15. The minimum atomic E-state index is -3.45. The maximum absolute atomic E-state index is 12.7. The monoisotopic (exact) mass is 323 g/mol. The second-order valence-corrected chi connectivity index (χ2v) is 7.12. The van der Waals surface area contributed by atoms with Gasteiger partial charge >= 0.3 is 0 Å². The fourth-order valence-electron chi connectivity index (χ4n) is 2.19. The first kappa shape index (κ1) is 16.7. The molecule has 0 aliphatic heterocycles. The summed E-state index contributed by atoms with van der Waals surface area (Å²) in [4.78, 5) is 0. The molecule has 0 fully saturated rings. The summed E-state index contributed by atoms with van der Waals surface area (Å²) in [5.74, 6) is 0.586. The smallest absolute Gasteiger partial charge is 0.218 e. The molecule has 1 aromatic carbocycles. The molecule has 0 bridgehead atoms. The molecule has 1 heterocycles. The van der Waals surface area contributed by atoms with Gasteiger partial charge in [-0.05, 0) is 24.6 Å². The molecule has 0 aliphatic carbocycles. The van der Waals surface area contributed by atoms with Crippen molar-refractivity contribution in [3.05, 3.63) is 59.5 Å². The number of ether oxygens (including phenoxy) is 1. The number of hydrogen-bond donors (Lipinski definition) is 0. The Bertz CT molecular complexity index is 680. The first-order chi connectivity index (χ1) is 10.5. The van der Waals surface area contributed by atoms with Crippen LogP contribution in [-0.2, 0) is 27.1 Å². The van der Waals surface area contributed by atoms with E-state index >= 15 is 0 Å². The summed E-state index contributed by atoms with van der Waals surface area (Å²) in [5.41, 5.74) is 1.82. The molecule has 0 atom stereocenters. The van der Waals surface area contributed by atoms with Crippen LogP contribution in [0.25, 0.3) is 0 Å². The lowest BCUT2D eigenvalue weighted by Crippen LogP contribution is -2.34. The van der Waals surface area contributed by atoms with Crippen molar-refractivity contribution in [3.8, 4) is 0 Å². The van der Waals surface area contributed by atoms with Crippen molar-refractivity contribution in [3.63, 3.8) is 0 Å². The van der Waals surface area contributed by atoms with Gasteiger partial charge in [-0.3, -0.25) is 0 Å². The van der Waals surface area contributed by atoms with E-state index in [2.05, 4.69) is 0 Å². The maximum atomic E-state index is 12.7. The molecule has 0 radical (unpaired) electrons. The van der Waals surface area contributed by atoms with Gasteiger partial charge in [-0.25, -0.2) is 8.42 Å². The minimum absolute atomic E-state index is 0.0287. The molecule has 0 amide bonds. The summed E-state index contributed by atoms with van der Waals surface area (Å²) in [6, 6.07) is 11.0.